The number of amidine groups is 1. The average Bonchev–Trinajstić information content (AvgIpc) is 2.54. The van der Waals surface area contributed by atoms with Crippen molar-refractivity contribution in [1.82, 2.24) is 4.90 Å². The van der Waals surface area contributed by atoms with Crippen LogP contribution in [0.5, 0.6) is 0 Å². The number of nitrogens with one attached hydrogen (secondary N) is 1. The Morgan fingerprint density at radius 1 is 1.38 bits per heavy atom. The highest BCUT2D eigenvalue weighted by Gasteiger charge is 2.56. The fourth-order valence-corrected chi connectivity index (χ4v) is 2.52. The van der Waals surface area contributed by atoms with Crippen molar-refractivity contribution in [2.45, 2.75) is 38.9 Å². The quantitative estimate of drug-likeness (QED) is 0.520. The van der Waals surface area contributed by atoms with E-state index in [1.165, 1.54) is 0 Å². The molecule has 0 saturated carbocycles. The summed E-state index contributed by atoms with van der Waals surface area (Å²) < 4.78 is 0. The molecule has 1 atom stereocenters. The second kappa shape index (κ2) is 2.25. The number of nitrogens with zero attached hydrogens (tertiary/aromatic N) is 2. The number of hydrogen-bond donors (Lipinski definition) is 1. The number of aliphatic imine (C=N–C) groups is 1. The maximum atomic E-state index is 12.0. The Morgan fingerprint density at radius 2 is 2.00 bits per heavy atom. The fourth-order valence-electron chi connectivity index (χ4n) is 2.52. The van der Waals surface area contributed by atoms with E-state index in [-0.39, 0.29) is 11.2 Å². The molecule has 0 radical (unpaired) electrons. The van der Waals surface area contributed by atoms with E-state index in [2.05, 4.69) is 9.89 Å². The van der Waals surface area contributed by atoms with Crippen molar-refractivity contribution in [1.29, 1.82) is 0 Å². The topological polar surface area (TPSA) is 43.1 Å². The standard InChI is InChI=1S/C9H17N3O/c1-8(2)7-10-5-6-11(7)9(3,4)12(8)13/h12H,5-6H2,1-4H3. The molecule has 4 heteroatoms. The Morgan fingerprint density at radius 3 is 2.54 bits per heavy atom. The maximum Gasteiger partial charge on any atom is 0.169 e. The Hall–Kier alpha value is -0.610. The zero-order valence-corrected chi connectivity index (χ0v) is 8.72. The van der Waals surface area contributed by atoms with E-state index < -0.39 is 0 Å². The van der Waals surface area contributed by atoms with Crippen molar-refractivity contribution >= 4 is 5.84 Å². The summed E-state index contributed by atoms with van der Waals surface area (Å²) in [6.07, 6.45) is 0. The SMILES string of the molecule is CC1(C)C2=NCCN2C(C)(C)[NH+]1[O-]. The van der Waals surface area contributed by atoms with Crippen LogP contribution in [-0.4, -0.2) is 35.0 Å². The molecule has 0 bridgehead atoms. The monoisotopic (exact) mass is 183 g/mol. The summed E-state index contributed by atoms with van der Waals surface area (Å²) in [5.41, 5.74) is -0.723. The van der Waals surface area contributed by atoms with Gasteiger partial charge in [0.05, 0.1) is 6.54 Å². The first-order valence-corrected chi connectivity index (χ1v) is 4.76. The molecule has 0 aliphatic carbocycles. The molecule has 0 aromatic rings. The zero-order chi connectivity index (χ0) is 9.85. The van der Waals surface area contributed by atoms with Crippen LogP contribution in [0.15, 0.2) is 4.99 Å². The number of rotatable bonds is 0. The van der Waals surface area contributed by atoms with Gasteiger partial charge in [0.2, 0.25) is 0 Å². The summed E-state index contributed by atoms with van der Waals surface area (Å²) in [6, 6.07) is 0. The number of quaternary nitrogens is 1. The minimum Gasteiger partial charge on any atom is -0.632 e. The highest BCUT2D eigenvalue weighted by atomic mass is 16.5. The molecule has 2 aliphatic rings. The summed E-state index contributed by atoms with van der Waals surface area (Å²) >= 11 is 0. The zero-order valence-electron chi connectivity index (χ0n) is 8.72. The molecule has 1 unspecified atom stereocenters. The van der Waals surface area contributed by atoms with Crippen molar-refractivity contribution in [3.63, 3.8) is 0 Å². The van der Waals surface area contributed by atoms with E-state index in [1.54, 1.807) is 0 Å². The first kappa shape index (κ1) is 8.97. The summed E-state index contributed by atoms with van der Waals surface area (Å²) in [7, 11) is 0. The van der Waals surface area contributed by atoms with E-state index in [0.717, 1.165) is 18.9 Å². The first-order valence-electron chi connectivity index (χ1n) is 4.76. The van der Waals surface area contributed by atoms with Crippen LogP contribution in [0.1, 0.15) is 27.7 Å². The lowest BCUT2D eigenvalue weighted by Crippen LogP contribution is -3.20. The van der Waals surface area contributed by atoms with Gasteiger partial charge < -0.3 is 15.2 Å². The maximum absolute atomic E-state index is 12.0. The molecule has 74 valence electrons. The normalized spacial score (nSPS) is 34.7. The molecule has 0 aromatic carbocycles. The Labute approximate surface area is 78.8 Å². The molecular formula is C9H17N3O. The molecule has 1 saturated heterocycles. The highest BCUT2D eigenvalue weighted by Crippen LogP contribution is 2.25. The fraction of sp³-hybridized carbons (Fsp3) is 0.889. The summed E-state index contributed by atoms with van der Waals surface area (Å²) in [6.45, 7) is 9.67. The second-order valence-corrected chi connectivity index (χ2v) is 4.87. The van der Waals surface area contributed by atoms with Crippen molar-refractivity contribution in [2.24, 2.45) is 4.99 Å². The van der Waals surface area contributed by atoms with E-state index in [9.17, 15) is 5.21 Å². The third kappa shape index (κ3) is 0.901. The lowest BCUT2D eigenvalue weighted by molar-refractivity contribution is -0.935. The van der Waals surface area contributed by atoms with Crippen LogP contribution in [-0.2, 0) is 0 Å². The number of hydroxylamine groups is 2. The molecule has 0 spiro atoms. The van der Waals surface area contributed by atoms with Gasteiger partial charge in [0, 0.05) is 20.4 Å². The lowest BCUT2D eigenvalue weighted by atomic mass is 10.1. The van der Waals surface area contributed by atoms with Crippen LogP contribution >= 0.6 is 0 Å². The second-order valence-electron chi connectivity index (χ2n) is 4.87. The van der Waals surface area contributed by atoms with E-state index in [0.29, 0.717) is 5.06 Å². The number of hydrogen-bond acceptors (Lipinski definition) is 3. The molecule has 2 heterocycles. The summed E-state index contributed by atoms with van der Waals surface area (Å²) in [5, 5.41) is 12.3. The predicted octanol–water partition coefficient (Wildman–Crippen LogP) is -0.388. The van der Waals surface area contributed by atoms with Gasteiger partial charge in [-0.3, -0.25) is 4.99 Å². The minimum atomic E-state index is -0.375. The molecule has 0 aromatic heterocycles. The van der Waals surface area contributed by atoms with Gasteiger partial charge in [-0.25, -0.2) is 0 Å². The Balaban J connectivity index is 2.47. The highest BCUT2D eigenvalue weighted by molar-refractivity contribution is 5.92. The van der Waals surface area contributed by atoms with Crippen molar-refractivity contribution in [3.8, 4) is 0 Å². The van der Waals surface area contributed by atoms with Gasteiger partial charge in [-0.15, -0.1) is 0 Å². The van der Waals surface area contributed by atoms with Crippen molar-refractivity contribution in [2.75, 3.05) is 13.1 Å². The summed E-state index contributed by atoms with van der Waals surface area (Å²) in [4.78, 5) is 6.57. The van der Waals surface area contributed by atoms with Gasteiger partial charge in [0.15, 0.2) is 17.0 Å². The van der Waals surface area contributed by atoms with E-state index in [4.69, 9.17) is 0 Å². The van der Waals surface area contributed by atoms with Gasteiger partial charge in [0.25, 0.3) is 0 Å². The predicted molar refractivity (Wildman–Crippen MR) is 51.5 cm³/mol. The third-order valence-corrected chi connectivity index (χ3v) is 3.20. The van der Waals surface area contributed by atoms with Crippen LogP contribution in [0.2, 0.25) is 0 Å². The van der Waals surface area contributed by atoms with Crippen LogP contribution < -0.4 is 5.06 Å². The molecule has 0 amide bonds. The van der Waals surface area contributed by atoms with Gasteiger partial charge >= 0.3 is 0 Å². The van der Waals surface area contributed by atoms with Gasteiger partial charge in [-0.05, 0) is 13.8 Å². The van der Waals surface area contributed by atoms with Crippen molar-refractivity contribution in [3.05, 3.63) is 5.21 Å². The average molecular weight is 183 g/mol. The van der Waals surface area contributed by atoms with Gasteiger partial charge in [-0.1, -0.05) is 0 Å². The van der Waals surface area contributed by atoms with Crippen LogP contribution in [0.25, 0.3) is 0 Å². The molecule has 1 fully saturated rings. The van der Waals surface area contributed by atoms with E-state index >= 15 is 0 Å². The molecule has 2 rings (SSSR count). The molecule has 1 N–H and O–H groups in total. The third-order valence-electron chi connectivity index (χ3n) is 3.20. The molecule has 2 aliphatic heterocycles. The molecule has 4 nitrogen and oxygen atoms in total. The lowest BCUT2D eigenvalue weighted by Gasteiger charge is -2.40. The Bertz CT molecular complexity index is 270. The molecular weight excluding hydrogens is 166 g/mol. The first-order chi connectivity index (χ1) is 5.88. The van der Waals surface area contributed by atoms with Crippen LogP contribution in [0.4, 0.5) is 0 Å². The van der Waals surface area contributed by atoms with E-state index in [1.807, 2.05) is 27.7 Å². The van der Waals surface area contributed by atoms with Crippen LogP contribution in [0, 0.1) is 5.21 Å². The largest absolute Gasteiger partial charge is 0.632 e. The minimum absolute atomic E-state index is 0.290. The molecule has 13 heavy (non-hydrogen) atoms. The van der Waals surface area contributed by atoms with Gasteiger partial charge in [-0.2, -0.15) is 0 Å². The van der Waals surface area contributed by atoms with Crippen LogP contribution in [0.3, 0.4) is 0 Å². The van der Waals surface area contributed by atoms with Gasteiger partial charge in [0.1, 0.15) is 0 Å². The number of fused-ring (bicyclic) bond motifs is 1. The van der Waals surface area contributed by atoms with Crippen molar-refractivity contribution < 1.29 is 5.06 Å². The smallest absolute Gasteiger partial charge is 0.169 e. The Kier molecular flexibility index (Phi) is 1.55. The summed E-state index contributed by atoms with van der Waals surface area (Å²) in [5.74, 6) is 0.988.